The van der Waals surface area contributed by atoms with E-state index in [0.717, 1.165) is 5.56 Å². The molecule has 10 nitrogen and oxygen atoms in total. The fourth-order valence-electron chi connectivity index (χ4n) is 3.43. The Hall–Kier alpha value is -3.29. The number of amides is 1. The van der Waals surface area contributed by atoms with Gasteiger partial charge in [0.1, 0.15) is 23.8 Å². The first-order valence-electron chi connectivity index (χ1n) is 9.34. The van der Waals surface area contributed by atoms with Gasteiger partial charge in [0.05, 0.1) is 11.6 Å². The number of pyridine rings is 1. The Labute approximate surface area is 168 Å². The number of rotatable bonds is 6. The standard InChI is InChI=1S/C19H24N8O2/c20-11-14-16(21)24-12-25-17(14)27-8-4-19(22,5-9-27)18(29)26-15(3-10-28)13-1-6-23-7-2-13/h1-2,6-7,12,15,28H,3-5,8-10,22H2,(H,26,29)(H2,21,24,25). The van der Waals surface area contributed by atoms with Crippen molar-refractivity contribution in [3.8, 4) is 6.07 Å². The topological polar surface area (TPSA) is 167 Å². The Balaban J connectivity index is 1.69. The zero-order valence-corrected chi connectivity index (χ0v) is 16.0. The van der Waals surface area contributed by atoms with Crippen LogP contribution in [0.3, 0.4) is 0 Å². The average molecular weight is 396 g/mol. The molecule has 0 aliphatic carbocycles. The minimum absolute atomic E-state index is 0.0648. The first-order valence-corrected chi connectivity index (χ1v) is 9.34. The third-order valence-corrected chi connectivity index (χ3v) is 5.21. The number of hydrogen-bond donors (Lipinski definition) is 4. The third kappa shape index (κ3) is 4.42. The van der Waals surface area contributed by atoms with E-state index in [-0.39, 0.29) is 29.9 Å². The van der Waals surface area contributed by atoms with Gasteiger partial charge in [0.15, 0.2) is 5.82 Å². The van der Waals surface area contributed by atoms with Crippen LogP contribution < -0.4 is 21.7 Å². The molecule has 1 aliphatic heterocycles. The maximum atomic E-state index is 12.9. The van der Waals surface area contributed by atoms with Crippen molar-refractivity contribution in [1.29, 1.82) is 5.26 Å². The number of piperidine rings is 1. The van der Waals surface area contributed by atoms with Crippen molar-refractivity contribution in [2.24, 2.45) is 5.73 Å². The molecule has 3 rings (SSSR count). The van der Waals surface area contributed by atoms with E-state index in [4.69, 9.17) is 11.5 Å². The van der Waals surface area contributed by atoms with Crippen LogP contribution in [0.5, 0.6) is 0 Å². The Morgan fingerprint density at radius 3 is 2.66 bits per heavy atom. The summed E-state index contributed by atoms with van der Waals surface area (Å²) in [6.07, 6.45) is 5.75. The second kappa shape index (κ2) is 8.81. The van der Waals surface area contributed by atoms with Gasteiger partial charge in [-0.2, -0.15) is 5.26 Å². The number of anilines is 2. The van der Waals surface area contributed by atoms with E-state index in [1.54, 1.807) is 24.5 Å². The Bertz CT molecular complexity index is 891. The van der Waals surface area contributed by atoms with E-state index >= 15 is 0 Å². The number of aliphatic hydroxyl groups is 1. The zero-order valence-electron chi connectivity index (χ0n) is 16.0. The van der Waals surface area contributed by atoms with Gasteiger partial charge < -0.3 is 26.8 Å². The van der Waals surface area contributed by atoms with E-state index in [1.807, 2.05) is 11.0 Å². The maximum Gasteiger partial charge on any atom is 0.240 e. The van der Waals surface area contributed by atoms with Crippen LogP contribution in [0.2, 0.25) is 0 Å². The Morgan fingerprint density at radius 1 is 1.34 bits per heavy atom. The van der Waals surface area contributed by atoms with Gasteiger partial charge in [0.2, 0.25) is 5.91 Å². The molecule has 1 aliphatic rings. The SMILES string of the molecule is N#Cc1c(N)ncnc1N1CCC(N)(C(=O)NC(CCO)c2ccncc2)CC1. The smallest absolute Gasteiger partial charge is 0.240 e. The molecule has 152 valence electrons. The summed E-state index contributed by atoms with van der Waals surface area (Å²) in [4.78, 5) is 26.8. The second-order valence-electron chi connectivity index (χ2n) is 7.03. The van der Waals surface area contributed by atoms with E-state index in [0.29, 0.717) is 38.2 Å². The van der Waals surface area contributed by atoms with Gasteiger partial charge in [-0.3, -0.25) is 9.78 Å². The summed E-state index contributed by atoms with van der Waals surface area (Å²) in [5, 5.41) is 21.7. The number of aromatic nitrogens is 3. The summed E-state index contributed by atoms with van der Waals surface area (Å²) < 4.78 is 0. The first-order chi connectivity index (χ1) is 14.0. The van der Waals surface area contributed by atoms with Crippen LogP contribution in [0, 0.1) is 11.3 Å². The fourth-order valence-corrected chi connectivity index (χ4v) is 3.43. The minimum atomic E-state index is -1.05. The summed E-state index contributed by atoms with van der Waals surface area (Å²) in [5.41, 5.74) is 12.2. The zero-order chi connectivity index (χ0) is 20.9. The van der Waals surface area contributed by atoms with Crippen LogP contribution in [-0.2, 0) is 4.79 Å². The summed E-state index contributed by atoms with van der Waals surface area (Å²) in [6.45, 7) is 0.842. The second-order valence-corrected chi connectivity index (χ2v) is 7.03. The Morgan fingerprint density at radius 2 is 2.03 bits per heavy atom. The highest BCUT2D eigenvalue weighted by Crippen LogP contribution is 2.28. The van der Waals surface area contributed by atoms with E-state index < -0.39 is 5.54 Å². The van der Waals surface area contributed by atoms with Crippen LogP contribution in [0.4, 0.5) is 11.6 Å². The number of nitrogens with two attached hydrogens (primary N) is 2. The lowest BCUT2D eigenvalue weighted by Gasteiger charge is -2.39. The number of hydrogen-bond acceptors (Lipinski definition) is 9. The molecule has 1 amide bonds. The maximum absolute atomic E-state index is 12.9. The van der Waals surface area contributed by atoms with E-state index in [1.165, 1.54) is 6.33 Å². The van der Waals surface area contributed by atoms with Gasteiger partial charge in [0.25, 0.3) is 0 Å². The van der Waals surface area contributed by atoms with Gasteiger partial charge in [-0.25, -0.2) is 9.97 Å². The molecule has 0 spiro atoms. The molecule has 0 radical (unpaired) electrons. The predicted octanol–water partition coefficient (Wildman–Crippen LogP) is -0.137. The molecule has 10 heteroatoms. The highest BCUT2D eigenvalue weighted by molar-refractivity contribution is 5.87. The predicted molar refractivity (Wildman–Crippen MR) is 106 cm³/mol. The van der Waals surface area contributed by atoms with Crippen molar-refractivity contribution >= 4 is 17.5 Å². The highest BCUT2D eigenvalue weighted by atomic mass is 16.3. The average Bonchev–Trinajstić information content (AvgIpc) is 2.74. The van der Waals surface area contributed by atoms with Crippen molar-refractivity contribution in [1.82, 2.24) is 20.3 Å². The molecule has 6 N–H and O–H groups in total. The number of aliphatic hydroxyl groups excluding tert-OH is 1. The lowest BCUT2D eigenvalue weighted by atomic mass is 9.87. The lowest BCUT2D eigenvalue weighted by Crippen LogP contribution is -2.60. The molecule has 3 heterocycles. The molecule has 1 saturated heterocycles. The molecule has 1 unspecified atom stereocenters. The number of carbonyl (C=O) groups excluding carboxylic acids is 1. The summed E-state index contributed by atoms with van der Waals surface area (Å²) >= 11 is 0. The van der Waals surface area contributed by atoms with Crippen LogP contribution in [0.1, 0.15) is 36.4 Å². The van der Waals surface area contributed by atoms with Gasteiger partial charge >= 0.3 is 0 Å². The molecule has 1 fully saturated rings. The third-order valence-electron chi connectivity index (χ3n) is 5.21. The summed E-state index contributed by atoms with van der Waals surface area (Å²) in [5.74, 6) is 0.316. The van der Waals surface area contributed by atoms with Crippen molar-refractivity contribution in [2.45, 2.75) is 30.8 Å². The molecular formula is C19H24N8O2. The molecule has 0 aromatic carbocycles. The van der Waals surface area contributed by atoms with Crippen LogP contribution >= 0.6 is 0 Å². The van der Waals surface area contributed by atoms with Crippen LogP contribution in [-0.4, -0.2) is 51.2 Å². The monoisotopic (exact) mass is 396 g/mol. The highest BCUT2D eigenvalue weighted by Gasteiger charge is 2.39. The number of nitrogens with one attached hydrogen (secondary N) is 1. The molecule has 0 saturated carbocycles. The van der Waals surface area contributed by atoms with E-state index in [2.05, 4.69) is 20.3 Å². The van der Waals surface area contributed by atoms with Crippen LogP contribution in [0.25, 0.3) is 0 Å². The number of nitriles is 1. The minimum Gasteiger partial charge on any atom is -0.396 e. The summed E-state index contributed by atoms with van der Waals surface area (Å²) in [6, 6.07) is 5.29. The molecule has 0 bridgehead atoms. The number of carbonyl (C=O) groups is 1. The van der Waals surface area contributed by atoms with Gasteiger partial charge in [-0.1, -0.05) is 0 Å². The first kappa shape index (κ1) is 20.4. The molecule has 2 aromatic heterocycles. The fraction of sp³-hybridized carbons (Fsp3) is 0.421. The number of nitrogens with zero attached hydrogens (tertiary/aromatic N) is 5. The van der Waals surface area contributed by atoms with E-state index in [9.17, 15) is 15.2 Å². The quantitative estimate of drug-likeness (QED) is 0.519. The molecule has 1 atom stereocenters. The molecule has 29 heavy (non-hydrogen) atoms. The van der Waals surface area contributed by atoms with Crippen molar-refractivity contribution in [2.75, 3.05) is 30.3 Å². The molecular weight excluding hydrogens is 372 g/mol. The number of nitrogen functional groups attached to an aromatic ring is 1. The van der Waals surface area contributed by atoms with Gasteiger partial charge in [-0.05, 0) is 37.0 Å². The molecule has 2 aromatic rings. The van der Waals surface area contributed by atoms with Gasteiger partial charge in [0, 0.05) is 32.1 Å². The summed E-state index contributed by atoms with van der Waals surface area (Å²) in [7, 11) is 0. The largest absolute Gasteiger partial charge is 0.396 e. The van der Waals surface area contributed by atoms with Crippen molar-refractivity contribution in [3.63, 3.8) is 0 Å². The van der Waals surface area contributed by atoms with Crippen molar-refractivity contribution < 1.29 is 9.90 Å². The van der Waals surface area contributed by atoms with Crippen molar-refractivity contribution in [3.05, 3.63) is 42.0 Å². The Kier molecular flexibility index (Phi) is 6.21. The normalized spacial score (nSPS) is 16.7. The van der Waals surface area contributed by atoms with Gasteiger partial charge in [-0.15, -0.1) is 0 Å². The lowest BCUT2D eigenvalue weighted by molar-refractivity contribution is -0.128. The van der Waals surface area contributed by atoms with Crippen LogP contribution in [0.15, 0.2) is 30.9 Å².